The molecule has 5 nitrogen and oxygen atoms in total. The first-order chi connectivity index (χ1) is 31.1. The van der Waals surface area contributed by atoms with Crippen molar-refractivity contribution in [3.63, 3.8) is 0 Å². The molecule has 0 amide bonds. The Balaban J connectivity index is 1.02. The Labute approximate surface area is 365 Å². The monoisotopic (exact) mass is 819 g/mol. The predicted octanol–water partition coefficient (Wildman–Crippen LogP) is 15.2. The Bertz CT molecular complexity index is 2910. The summed E-state index contributed by atoms with van der Waals surface area (Å²) in [5.41, 5.74) is 10.9. The van der Waals surface area contributed by atoms with Crippen LogP contribution in [0.3, 0.4) is 0 Å². The zero-order valence-corrected chi connectivity index (χ0v) is 34.0. The molecule has 0 aliphatic heterocycles. The number of hydrogen-bond acceptors (Lipinski definition) is 4. The van der Waals surface area contributed by atoms with Gasteiger partial charge in [-0.05, 0) is 109 Å². The fraction of sp³-hybridized carbons (Fsp3) is 0. The summed E-state index contributed by atoms with van der Waals surface area (Å²) in [6.07, 6.45) is 3.62. The van der Waals surface area contributed by atoms with E-state index >= 15 is 8.78 Å². The van der Waals surface area contributed by atoms with Gasteiger partial charge >= 0.3 is 0 Å². The highest BCUT2D eigenvalue weighted by atomic mass is 19.1. The van der Waals surface area contributed by atoms with E-state index < -0.39 is 11.6 Å². The van der Waals surface area contributed by atoms with Crippen LogP contribution in [0.4, 0.5) is 42.9 Å². The van der Waals surface area contributed by atoms with Gasteiger partial charge in [-0.2, -0.15) is 0 Å². The second-order valence-electron chi connectivity index (χ2n) is 15.0. The molecule has 0 N–H and O–H groups in total. The van der Waals surface area contributed by atoms with Crippen molar-refractivity contribution in [3.8, 4) is 50.7 Å². The molecule has 0 spiro atoms. The lowest BCUT2D eigenvalue weighted by Crippen LogP contribution is -2.11. The maximum atomic E-state index is 16.8. The Hall–Kier alpha value is -8.42. The summed E-state index contributed by atoms with van der Waals surface area (Å²) >= 11 is 0. The van der Waals surface area contributed by atoms with Gasteiger partial charge in [-0.3, -0.25) is 9.97 Å². The highest BCUT2D eigenvalue weighted by molar-refractivity contribution is 5.82. The number of nitrogens with zero attached hydrogens (tertiary/aromatic N) is 5. The lowest BCUT2D eigenvalue weighted by molar-refractivity contribution is 0.629. The molecule has 10 aromatic rings. The van der Waals surface area contributed by atoms with E-state index in [0.717, 1.165) is 51.0 Å². The molecule has 3 heterocycles. The average molecular weight is 820 g/mol. The van der Waals surface area contributed by atoms with Gasteiger partial charge in [0.2, 0.25) is 0 Å². The third-order valence-corrected chi connectivity index (χ3v) is 11.0. The summed E-state index contributed by atoms with van der Waals surface area (Å²) in [7, 11) is 0. The minimum absolute atomic E-state index is 0.373. The number of anilines is 6. The third-order valence-electron chi connectivity index (χ3n) is 11.0. The molecular formula is C56H39F2N5. The van der Waals surface area contributed by atoms with Crippen LogP contribution in [0, 0.1) is 11.6 Å². The van der Waals surface area contributed by atoms with Crippen molar-refractivity contribution in [1.29, 1.82) is 0 Å². The van der Waals surface area contributed by atoms with Gasteiger partial charge in [-0.15, -0.1) is 0 Å². The van der Waals surface area contributed by atoms with Crippen LogP contribution in [0.25, 0.3) is 50.7 Å². The van der Waals surface area contributed by atoms with E-state index in [4.69, 9.17) is 9.97 Å². The summed E-state index contributed by atoms with van der Waals surface area (Å²) < 4.78 is 35.6. The van der Waals surface area contributed by atoms with E-state index in [1.807, 2.05) is 227 Å². The van der Waals surface area contributed by atoms with Gasteiger partial charge in [0.05, 0.1) is 46.5 Å². The molecule has 0 saturated carbocycles. The van der Waals surface area contributed by atoms with E-state index in [1.54, 1.807) is 24.3 Å². The molecule has 0 unspecified atom stereocenters. The minimum Gasteiger partial charge on any atom is -0.309 e. The summed E-state index contributed by atoms with van der Waals surface area (Å²) in [5.74, 6) is -0.851. The maximum Gasteiger partial charge on any atom is 0.134 e. The van der Waals surface area contributed by atoms with E-state index in [1.165, 1.54) is 0 Å². The highest BCUT2D eigenvalue weighted by Crippen LogP contribution is 2.41. The predicted molar refractivity (Wildman–Crippen MR) is 252 cm³/mol. The Morgan fingerprint density at radius 2 is 0.698 bits per heavy atom. The second kappa shape index (κ2) is 17.3. The van der Waals surface area contributed by atoms with Crippen LogP contribution >= 0.6 is 0 Å². The molecule has 10 rings (SSSR count). The van der Waals surface area contributed by atoms with Gasteiger partial charge in [-0.25, -0.2) is 8.78 Å². The quantitative estimate of drug-likeness (QED) is 0.130. The highest BCUT2D eigenvalue weighted by Gasteiger charge is 2.22. The zero-order valence-electron chi connectivity index (χ0n) is 34.0. The Morgan fingerprint density at radius 1 is 0.333 bits per heavy atom. The van der Waals surface area contributed by atoms with Crippen LogP contribution in [0.5, 0.6) is 0 Å². The van der Waals surface area contributed by atoms with Gasteiger partial charge < -0.3 is 14.4 Å². The van der Waals surface area contributed by atoms with Crippen LogP contribution in [-0.2, 0) is 0 Å². The summed E-state index contributed by atoms with van der Waals surface area (Å²) in [6, 6.07) is 71.5. The first-order valence-corrected chi connectivity index (χ1v) is 20.7. The molecule has 63 heavy (non-hydrogen) atoms. The van der Waals surface area contributed by atoms with Crippen molar-refractivity contribution in [1.82, 2.24) is 14.5 Å². The lowest BCUT2D eigenvalue weighted by atomic mass is 10.1. The standard InChI is InChI=1S/C56H39F2N5/c57-51-36-45(61(42-20-10-3-11-21-42)47-28-32-53(59-38-47)40-16-6-1-7-17-40)26-30-49(51)55-34-35-56(63(55)44-24-14-5-15-25-44)50-31-27-46(37-52(50)58)62(43-22-12-4-13-23-43)48-29-33-54(60-39-48)41-18-8-2-9-19-41/h1-39H. The van der Waals surface area contributed by atoms with Crippen molar-refractivity contribution in [2.24, 2.45) is 0 Å². The SMILES string of the molecule is Fc1cc(N(c2ccccc2)c2ccc(-c3ccccc3)nc2)ccc1-c1ccc(-c2ccc(N(c3ccccc3)c3ccc(-c4ccccc4)nc3)cc2F)n1-c1ccccc1. The van der Waals surface area contributed by atoms with Crippen molar-refractivity contribution in [2.45, 2.75) is 0 Å². The van der Waals surface area contributed by atoms with Crippen LogP contribution in [0.1, 0.15) is 0 Å². The molecule has 0 atom stereocenters. The number of rotatable bonds is 11. The van der Waals surface area contributed by atoms with Crippen molar-refractivity contribution in [2.75, 3.05) is 9.80 Å². The minimum atomic E-state index is -0.426. The molecule has 0 aliphatic rings. The molecule has 0 radical (unpaired) electrons. The van der Waals surface area contributed by atoms with Crippen LogP contribution < -0.4 is 9.80 Å². The number of aromatic nitrogens is 3. The molecular weight excluding hydrogens is 781 g/mol. The van der Waals surface area contributed by atoms with Crippen molar-refractivity contribution >= 4 is 34.1 Å². The Kier molecular flexibility index (Phi) is 10.6. The fourth-order valence-electron chi connectivity index (χ4n) is 8.06. The average Bonchev–Trinajstić information content (AvgIpc) is 3.78. The zero-order chi connectivity index (χ0) is 42.5. The third kappa shape index (κ3) is 7.87. The largest absolute Gasteiger partial charge is 0.309 e. The summed E-state index contributed by atoms with van der Waals surface area (Å²) in [6.45, 7) is 0. The van der Waals surface area contributed by atoms with E-state index in [0.29, 0.717) is 33.9 Å². The van der Waals surface area contributed by atoms with Crippen LogP contribution in [0.2, 0.25) is 0 Å². The van der Waals surface area contributed by atoms with Gasteiger partial charge in [0.1, 0.15) is 11.6 Å². The van der Waals surface area contributed by atoms with Gasteiger partial charge in [-0.1, -0.05) is 115 Å². The maximum absolute atomic E-state index is 16.8. The van der Waals surface area contributed by atoms with E-state index in [-0.39, 0.29) is 0 Å². The van der Waals surface area contributed by atoms with Crippen LogP contribution in [0.15, 0.2) is 237 Å². The lowest BCUT2D eigenvalue weighted by Gasteiger charge is -2.26. The summed E-state index contributed by atoms with van der Waals surface area (Å²) in [4.78, 5) is 13.5. The van der Waals surface area contributed by atoms with Crippen molar-refractivity contribution in [3.05, 3.63) is 248 Å². The molecule has 0 saturated heterocycles. The van der Waals surface area contributed by atoms with Crippen LogP contribution in [-0.4, -0.2) is 14.5 Å². The number of pyridine rings is 2. The van der Waals surface area contributed by atoms with E-state index in [9.17, 15) is 0 Å². The molecule has 302 valence electrons. The topological polar surface area (TPSA) is 37.2 Å². The number of halogens is 2. The number of para-hydroxylation sites is 3. The molecule has 0 bridgehead atoms. The molecule has 0 aliphatic carbocycles. The van der Waals surface area contributed by atoms with Crippen molar-refractivity contribution < 1.29 is 8.78 Å². The smallest absolute Gasteiger partial charge is 0.134 e. The fourth-order valence-corrected chi connectivity index (χ4v) is 8.06. The first-order valence-electron chi connectivity index (χ1n) is 20.7. The Morgan fingerprint density at radius 3 is 1.06 bits per heavy atom. The summed E-state index contributed by atoms with van der Waals surface area (Å²) in [5, 5.41) is 0. The van der Waals surface area contributed by atoms with Gasteiger partial charge in [0, 0.05) is 50.7 Å². The van der Waals surface area contributed by atoms with Gasteiger partial charge in [0.25, 0.3) is 0 Å². The first kappa shape index (κ1) is 38.8. The molecule has 7 aromatic carbocycles. The van der Waals surface area contributed by atoms with Gasteiger partial charge in [0.15, 0.2) is 0 Å². The molecule has 0 fully saturated rings. The molecule has 3 aromatic heterocycles. The number of benzene rings is 7. The van der Waals surface area contributed by atoms with E-state index in [2.05, 4.69) is 0 Å². The molecule has 7 heteroatoms. The number of hydrogen-bond donors (Lipinski definition) is 0. The second-order valence-corrected chi connectivity index (χ2v) is 15.0. The normalized spacial score (nSPS) is 11.0.